The summed E-state index contributed by atoms with van der Waals surface area (Å²) in [7, 11) is 0. The van der Waals surface area contributed by atoms with Gasteiger partial charge in [0.05, 0.1) is 0 Å². The number of Topliss-reactive ketones (excluding diaryl/α,β-unsaturated/α-hetero) is 1. The Morgan fingerprint density at radius 3 is 2.47 bits per heavy atom. The van der Waals surface area contributed by atoms with Crippen LogP contribution < -0.4 is 5.32 Å². The standard InChI is InChI=1S/C15H20N2O2/c1-3-14(18)12-4-6-13(7-5-12)15(19)17-9-8-16-10-11(17)2/h4-7,11,16H,3,8-10H2,1-2H3/t11-/m1/s1. The molecule has 0 radical (unpaired) electrons. The van der Waals surface area contributed by atoms with Crippen molar-refractivity contribution in [2.75, 3.05) is 19.6 Å². The van der Waals surface area contributed by atoms with Crippen LogP contribution in [0.1, 0.15) is 41.0 Å². The van der Waals surface area contributed by atoms with Crippen molar-refractivity contribution in [2.45, 2.75) is 26.3 Å². The van der Waals surface area contributed by atoms with E-state index < -0.39 is 0 Å². The van der Waals surface area contributed by atoms with Crippen molar-refractivity contribution in [3.05, 3.63) is 35.4 Å². The molecular formula is C15H20N2O2. The minimum atomic E-state index is 0.0458. The predicted molar refractivity (Wildman–Crippen MR) is 74.4 cm³/mol. The Hall–Kier alpha value is -1.68. The van der Waals surface area contributed by atoms with Crippen molar-refractivity contribution in [3.63, 3.8) is 0 Å². The molecule has 0 aliphatic carbocycles. The van der Waals surface area contributed by atoms with Gasteiger partial charge in [0.2, 0.25) is 0 Å². The number of carbonyl (C=O) groups is 2. The Kier molecular flexibility index (Phi) is 4.32. The lowest BCUT2D eigenvalue weighted by Crippen LogP contribution is -2.52. The van der Waals surface area contributed by atoms with Crippen LogP contribution in [0.25, 0.3) is 0 Å². The topological polar surface area (TPSA) is 49.4 Å². The fourth-order valence-electron chi connectivity index (χ4n) is 2.31. The van der Waals surface area contributed by atoms with Crippen LogP contribution in [0.5, 0.6) is 0 Å². The van der Waals surface area contributed by atoms with Gasteiger partial charge in [0.15, 0.2) is 5.78 Å². The van der Waals surface area contributed by atoms with Gasteiger partial charge in [0.1, 0.15) is 0 Å². The number of hydrogen-bond donors (Lipinski definition) is 1. The van der Waals surface area contributed by atoms with Gasteiger partial charge in [0.25, 0.3) is 5.91 Å². The fraction of sp³-hybridized carbons (Fsp3) is 0.467. The second-order valence-corrected chi connectivity index (χ2v) is 4.91. The number of carbonyl (C=O) groups excluding carboxylic acids is 2. The Morgan fingerprint density at radius 1 is 1.26 bits per heavy atom. The summed E-state index contributed by atoms with van der Waals surface area (Å²) >= 11 is 0. The van der Waals surface area contributed by atoms with Gasteiger partial charge in [-0.1, -0.05) is 19.1 Å². The summed E-state index contributed by atoms with van der Waals surface area (Å²) in [5.41, 5.74) is 1.33. The number of ketones is 1. The summed E-state index contributed by atoms with van der Waals surface area (Å²) < 4.78 is 0. The summed E-state index contributed by atoms with van der Waals surface area (Å²) in [6.07, 6.45) is 0.488. The van der Waals surface area contributed by atoms with E-state index in [1.54, 1.807) is 24.3 Å². The molecule has 102 valence electrons. The number of nitrogens with one attached hydrogen (secondary N) is 1. The molecule has 1 fully saturated rings. The first-order chi connectivity index (χ1) is 9.13. The molecule has 0 unspecified atom stereocenters. The van der Waals surface area contributed by atoms with Crippen LogP contribution in [-0.2, 0) is 0 Å². The molecule has 1 aliphatic heterocycles. The number of rotatable bonds is 3. The molecule has 0 bridgehead atoms. The molecule has 4 heteroatoms. The van der Waals surface area contributed by atoms with E-state index in [2.05, 4.69) is 5.32 Å². The maximum Gasteiger partial charge on any atom is 0.254 e. The Labute approximate surface area is 113 Å². The van der Waals surface area contributed by atoms with Crippen molar-refractivity contribution in [3.8, 4) is 0 Å². The van der Waals surface area contributed by atoms with Gasteiger partial charge in [-0.3, -0.25) is 9.59 Å². The van der Waals surface area contributed by atoms with Crippen LogP contribution in [-0.4, -0.2) is 42.3 Å². The number of hydrogen-bond acceptors (Lipinski definition) is 3. The molecular weight excluding hydrogens is 240 g/mol. The Morgan fingerprint density at radius 2 is 1.89 bits per heavy atom. The zero-order chi connectivity index (χ0) is 13.8. The minimum absolute atomic E-state index is 0.0458. The molecule has 1 aromatic rings. The van der Waals surface area contributed by atoms with Crippen molar-refractivity contribution >= 4 is 11.7 Å². The summed E-state index contributed by atoms with van der Waals surface area (Å²) in [6.45, 7) is 6.28. The van der Waals surface area contributed by atoms with Crippen LogP contribution in [0.4, 0.5) is 0 Å². The van der Waals surface area contributed by atoms with Crippen molar-refractivity contribution in [1.82, 2.24) is 10.2 Å². The zero-order valence-electron chi connectivity index (χ0n) is 11.5. The first kappa shape index (κ1) is 13.7. The van der Waals surface area contributed by atoms with Crippen molar-refractivity contribution in [2.24, 2.45) is 0 Å². The molecule has 0 saturated carbocycles. The van der Waals surface area contributed by atoms with E-state index in [4.69, 9.17) is 0 Å². The molecule has 2 rings (SSSR count). The summed E-state index contributed by atoms with van der Waals surface area (Å²) in [6, 6.07) is 7.19. The number of nitrogens with zero attached hydrogens (tertiary/aromatic N) is 1. The highest BCUT2D eigenvalue weighted by atomic mass is 16.2. The van der Waals surface area contributed by atoms with Crippen LogP contribution in [0.15, 0.2) is 24.3 Å². The van der Waals surface area contributed by atoms with Gasteiger partial charge >= 0.3 is 0 Å². The SMILES string of the molecule is CCC(=O)c1ccc(C(=O)N2CCNC[C@H]2C)cc1. The van der Waals surface area contributed by atoms with Crippen LogP contribution >= 0.6 is 0 Å². The van der Waals surface area contributed by atoms with Crippen molar-refractivity contribution in [1.29, 1.82) is 0 Å². The third-order valence-electron chi connectivity index (χ3n) is 3.54. The van der Waals surface area contributed by atoms with Gasteiger partial charge < -0.3 is 10.2 Å². The van der Waals surface area contributed by atoms with Gasteiger partial charge in [-0.2, -0.15) is 0 Å². The lowest BCUT2D eigenvalue weighted by Gasteiger charge is -2.34. The summed E-state index contributed by atoms with van der Waals surface area (Å²) in [4.78, 5) is 25.8. The molecule has 4 nitrogen and oxygen atoms in total. The monoisotopic (exact) mass is 260 g/mol. The lowest BCUT2D eigenvalue weighted by atomic mass is 10.1. The molecule has 1 heterocycles. The van der Waals surface area contributed by atoms with Gasteiger partial charge in [0, 0.05) is 43.2 Å². The maximum atomic E-state index is 12.4. The highest BCUT2D eigenvalue weighted by Crippen LogP contribution is 2.12. The van der Waals surface area contributed by atoms with Crippen LogP contribution in [0, 0.1) is 0 Å². The molecule has 1 amide bonds. The largest absolute Gasteiger partial charge is 0.333 e. The maximum absolute atomic E-state index is 12.4. The number of benzene rings is 1. The first-order valence-corrected chi connectivity index (χ1v) is 6.78. The van der Waals surface area contributed by atoms with E-state index >= 15 is 0 Å². The fourth-order valence-corrected chi connectivity index (χ4v) is 2.31. The Balaban J connectivity index is 2.13. The summed E-state index contributed by atoms with van der Waals surface area (Å²) in [5.74, 6) is 0.152. The first-order valence-electron chi connectivity index (χ1n) is 6.78. The minimum Gasteiger partial charge on any atom is -0.333 e. The second kappa shape index (κ2) is 5.97. The molecule has 1 aliphatic rings. The molecule has 1 N–H and O–H groups in total. The van der Waals surface area contributed by atoms with E-state index in [0.717, 1.165) is 19.6 Å². The molecule has 1 atom stereocenters. The molecule has 0 spiro atoms. The van der Waals surface area contributed by atoms with Gasteiger partial charge in [-0.05, 0) is 19.1 Å². The average molecular weight is 260 g/mol. The average Bonchev–Trinajstić information content (AvgIpc) is 2.46. The number of amides is 1. The van der Waals surface area contributed by atoms with Gasteiger partial charge in [-0.25, -0.2) is 0 Å². The highest BCUT2D eigenvalue weighted by Gasteiger charge is 2.23. The second-order valence-electron chi connectivity index (χ2n) is 4.91. The third kappa shape index (κ3) is 3.01. The molecule has 1 aromatic carbocycles. The lowest BCUT2D eigenvalue weighted by molar-refractivity contribution is 0.0655. The van der Waals surface area contributed by atoms with Crippen LogP contribution in [0.2, 0.25) is 0 Å². The normalized spacial score (nSPS) is 19.3. The van der Waals surface area contributed by atoms with E-state index in [0.29, 0.717) is 17.5 Å². The summed E-state index contributed by atoms with van der Waals surface area (Å²) in [5, 5.41) is 3.26. The van der Waals surface area contributed by atoms with Crippen molar-refractivity contribution < 1.29 is 9.59 Å². The van der Waals surface area contributed by atoms with E-state index in [1.807, 2.05) is 18.7 Å². The zero-order valence-corrected chi connectivity index (χ0v) is 11.5. The molecule has 19 heavy (non-hydrogen) atoms. The van der Waals surface area contributed by atoms with E-state index in [-0.39, 0.29) is 17.7 Å². The quantitative estimate of drug-likeness (QED) is 0.842. The number of piperazine rings is 1. The van der Waals surface area contributed by atoms with Crippen LogP contribution in [0.3, 0.4) is 0 Å². The smallest absolute Gasteiger partial charge is 0.254 e. The van der Waals surface area contributed by atoms with E-state index in [9.17, 15) is 9.59 Å². The molecule has 0 aromatic heterocycles. The van der Waals surface area contributed by atoms with E-state index in [1.165, 1.54) is 0 Å². The predicted octanol–water partition coefficient (Wildman–Crippen LogP) is 1.71. The third-order valence-corrected chi connectivity index (χ3v) is 3.54. The highest BCUT2D eigenvalue weighted by molar-refractivity contribution is 5.98. The Bertz CT molecular complexity index is 468. The molecule has 1 saturated heterocycles. The van der Waals surface area contributed by atoms with Gasteiger partial charge in [-0.15, -0.1) is 0 Å².